The van der Waals surface area contributed by atoms with Crippen molar-refractivity contribution in [3.05, 3.63) is 0 Å². The highest BCUT2D eigenvalue weighted by Crippen LogP contribution is 2.16. The minimum Gasteiger partial charge on any atom is -0.378 e. The van der Waals surface area contributed by atoms with Gasteiger partial charge in [0.15, 0.2) is 0 Å². The average molecular weight is 290 g/mol. The first-order valence-corrected chi connectivity index (χ1v) is 6.19. The van der Waals surface area contributed by atoms with Crippen molar-refractivity contribution in [3.63, 3.8) is 0 Å². The third kappa shape index (κ3) is 7.44. The van der Waals surface area contributed by atoms with Gasteiger partial charge in [0.2, 0.25) is 0 Å². The van der Waals surface area contributed by atoms with E-state index in [0.717, 1.165) is 21.8 Å². The van der Waals surface area contributed by atoms with Crippen LogP contribution in [0.15, 0.2) is 0 Å². The molecule has 0 rings (SSSR count). The largest absolute Gasteiger partial charge is 0.378 e. The number of hydrogen-bond donors (Lipinski definition) is 0. The second-order valence-corrected chi connectivity index (χ2v) is 4.66. The molecule has 0 aromatic carbocycles. The number of rotatable bonds is 6. The molecule has 0 amide bonds. The second kappa shape index (κ2) is 7.71. The highest BCUT2D eigenvalue weighted by atomic mass is 127. The van der Waals surface area contributed by atoms with Crippen molar-refractivity contribution in [2.75, 3.05) is 19.9 Å². The Bertz CT molecular complexity index is 90.5. The standard InChI is InChI=1S/C7H16IO2P/c1-6(2)9-4-7(11-3)5-10-8/h6-7,11H,4-5H2,1-3H3. The van der Waals surface area contributed by atoms with E-state index in [1.807, 2.05) is 23.0 Å². The summed E-state index contributed by atoms with van der Waals surface area (Å²) in [6.07, 6.45) is 0.336. The second-order valence-electron chi connectivity index (χ2n) is 2.64. The van der Waals surface area contributed by atoms with E-state index < -0.39 is 0 Å². The first-order valence-electron chi connectivity index (χ1n) is 3.73. The van der Waals surface area contributed by atoms with E-state index in [1.165, 1.54) is 0 Å². The molecule has 2 atom stereocenters. The predicted octanol–water partition coefficient (Wildman–Crippen LogP) is 2.45. The molecule has 0 aliphatic rings. The lowest BCUT2D eigenvalue weighted by molar-refractivity contribution is 0.0750. The van der Waals surface area contributed by atoms with Crippen LogP contribution in [-0.2, 0) is 7.80 Å². The van der Waals surface area contributed by atoms with Crippen molar-refractivity contribution in [1.82, 2.24) is 0 Å². The van der Waals surface area contributed by atoms with Crippen molar-refractivity contribution in [1.29, 1.82) is 0 Å². The van der Waals surface area contributed by atoms with Gasteiger partial charge in [0.25, 0.3) is 0 Å². The Morgan fingerprint density at radius 2 is 2.00 bits per heavy atom. The van der Waals surface area contributed by atoms with Crippen LogP contribution in [0.3, 0.4) is 0 Å². The van der Waals surface area contributed by atoms with E-state index in [9.17, 15) is 0 Å². The van der Waals surface area contributed by atoms with E-state index >= 15 is 0 Å². The third-order valence-electron chi connectivity index (χ3n) is 1.30. The molecular formula is C7H16IO2P. The molecule has 11 heavy (non-hydrogen) atoms. The minimum absolute atomic E-state index is 0.336. The molecule has 2 nitrogen and oxygen atoms in total. The molecule has 0 aliphatic carbocycles. The van der Waals surface area contributed by atoms with Crippen LogP contribution in [0.4, 0.5) is 0 Å². The Labute approximate surface area is 84.9 Å². The molecule has 0 heterocycles. The fourth-order valence-corrected chi connectivity index (χ4v) is 1.89. The molecule has 68 valence electrons. The van der Waals surface area contributed by atoms with E-state index in [4.69, 9.17) is 7.80 Å². The summed E-state index contributed by atoms with van der Waals surface area (Å²) in [5.41, 5.74) is 0.578. The molecule has 0 bridgehead atoms. The van der Waals surface area contributed by atoms with Crippen LogP contribution in [0.2, 0.25) is 0 Å². The summed E-state index contributed by atoms with van der Waals surface area (Å²) in [6, 6.07) is 0. The van der Waals surface area contributed by atoms with Gasteiger partial charge in [-0.3, -0.25) is 0 Å². The molecule has 0 radical (unpaired) electrons. The summed E-state index contributed by atoms with van der Waals surface area (Å²) < 4.78 is 10.5. The molecule has 0 saturated heterocycles. The monoisotopic (exact) mass is 290 g/mol. The van der Waals surface area contributed by atoms with E-state index in [-0.39, 0.29) is 0 Å². The molecule has 2 unspecified atom stereocenters. The van der Waals surface area contributed by atoms with Crippen molar-refractivity contribution in [3.8, 4) is 0 Å². The lowest BCUT2D eigenvalue weighted by atomic mass is 10.4. The highest BCUT2D eigenvalue weighted by Gasteiger charge is 2.06. The zero-order valence-electron chi connectivity index (χ0n) is 7.26. The number of ether oxygens (including phenoxy) is 1. The Morgan fingerprint density at radius 1 is 1.36 bits per heavy atom. The minimum atomic E-state index is 0.336. The Balaban J connectivity index is 3.35. The molecule has 4 heteroatoms. The van der Waals surface area contributed by atoms with Gasteiger partial charge >= 0.3 is 0 Å². The van der Waals surface area contributed by atoms with Crippen LogP contribution in [0.5, 0.6) is 0 Å². The highest BCUT2D eigenvalue weighted by molar-refractivity contribution is 14.1. The third-order valence-corrected chi connectivity index (χ3v) is 2.81. The summed E-state index contributed by atoms with van der Waals surface area (Å²) in [5, 5.41) is 0. The SMILES string of the molecule is CPC(COI)COC(C)C. The van der Waals surface area contributed by atoms with Crippen LogP contribution in [-0.4, -0.2) is 31.6 Å². The van der Waals surface area contributed by atoms with Gasteiger partial charge in [-0.2, -0.15) is 0 Å². The van der Waals surface area contributed by atoms with Crippen molar-refractivity contribution < 1.29 is 7.80 Å². The molecular weight excluding hydrogens is 274 g/mol. The van der Waals surface area contributed by atoms with Gasteiger partial charge in [0, 0.05) is 5.66 Å². The van der Waals surface area contributed by atoms with E-state index in [1.54, 1.807) is 0 Å². The fourth-order valence-electron chi connectivity index (χ4n) is 0.599. The lowest BCUT2D eigenvalue weighted by Gasteiger charge is -2.14. The predicted molar refractivity (Wildman–Crippen MR) is 59.1 cm³/mol. The molecule has 0 aliphatic heterocycles. The summed E-state index contributed by atoms with van der Waals surface area (Å²) in [4.78, 5) is 0. The summed E-state index contributed by atoms with van der Waals surface area (Å²) >= 11 is 1.93. The normalized spacial score (nSPS) is 15.0. The van der Waals surface area contributed by atoms with E-state index in [2.05, 4.69) is 20.5 Å². The zero-order chi connectivity index (χ0) is 8.69. The summed E-state index contributed by atoms with van der Waals surface area (Å²) in [5.74, 6) is 0. The van der Waals surface area contributed by atoms with Crippen molar-refractivity contribution >= 4 is 31.6 Å². The fraction of sp³-hybridized carbons (Fsp3) is 1.00. The zero-order valence-corrected chi connectivity index (χ0v) is 10.4. The molecule has 0 N–H and O–H groups in total. The van der Waals surface area contributed by atoms with Crippen LogP contribution >= 0.6 is 31.6 Å². The molecule has 0 aromatic rings. The topological polar surface area (TPSA) is 18.5 Å². The Kier molecular flexibility index (Phi) is 8.47. The van der Waals surface area contributed by atoms with Gasteiger partial charge in [-0.15, -0.1) is 8.58 Å². The van der Waals surface area contributed by atoms with Gasteiger partial charge in [0.05, 0.1) is 19.3 Å². The van der Waals surface area contributed by atoms with Gasteiger partial charge in [-0.1, -0.05) is 0 Å². The van der Waals surface area contributed by atoms with Crippen molar-refractivity contribution in [2.24, 2.45) is 0 Å². The maximum atomic E-state index is 5.47. The summed E-state index contributed by atoms with van der Waals surface area (Å²) in [6.45, 7) is 7.93. The number of halogens is 1. The van der Waals surface area contributed by atoms with Gasteiger partial charge in [0.1, 0.15) is 23.0 Å². The van der Waals surface area contributed by atoms with Gasteiger partial charge in [-0.25, -0.2) is 0 Å². The molecule has 0 spiro atoms. The van der Waals surface area contributed by atoms with E-state index in [0.29, 0.717) is 11.8 Å². The molecule has 0 aromatic heterocycles. The first-order chi connectivity index (χ1) is 5.20. The first kappa shape index (κ1) is 12.1. The quantitative estimate of drug-likeness (QED) is 0.552. The van der Waals surface area contributed by atoms with Gasteiger partial charge < -0.3 is 7.80 Å². The lowest BCUT2D eigenvalue weighted by Crippen LogP contribution is -2.18. The summed E-state index contributed by atoms with van der Waals surface area (Å²) in [7, 11) is 0.900. The van der Waals surface area contributed by atoms with Crippen LogP contribution in [0.1, 0.15) is 13.8 Å². The average Bonchev–Trinajstić information content (AvgIpc) is 1.97. The maximum Gasteiger partial charge on any atom is 0.109 e. The number of hydrogen-bond acceptors (Lipinski definition) is 2. The Hall–Kier alpha value is 1.08. The van der Waals surface area contributed by atoms with Crippen LogP contribution < -0.4 is 0 Å². The molecule has 0 fully saturated rings. The van der Waals surface area contributed by atoms with Gasteiger partial charge in [-0.05, 0) is 20.5 Å². The molecule has 0 saturated carbocycles. The Morgan fingerprint density at radius 3 is 2.36 bits per heavy atom. The van der Waals surface area contributed by atoms with Crippen LogP contribution in [0, 0.1) is 0 Å². The smallest absolute Gasteiger partial charge is 0.109 e. The maximum absolute atomic E-state index is 5.47. The van der Waals surface area contributed by atoms with Crippen LogP contribution in [0.25, 0.3) is 0 Å². The van der Waals surface area contributed by atoms with Crippen molar-refractivity contribution in [2.45, 2.75) is 25.6 Å².